The van der Waals surface area contributed by atoms with E-state index in [0.717, 1.165) is 11.9 Å². The number of hydrogen-bond donors (Lipinski definition) is 1. The average Bonchev–Trinajstić information content (AvgIpc) is 2.74. The fourth-order valence-electron chi connectivity index (χ4n) is 2.91. The molecule has 0 atom stereocenters. The molecule has 28 heavy (non-hydrogen) atoms. The molecule has 3 rings (SSSR count). The molecule has 2 aromatic rings. The molecule has 0 aliphatic carbocycles. The summed E-state index contributed by atoms with van der Waals surface area (Å²) in [6.45, 7) is 5.17. The van der Waals surface area contributed by atoms with Crippen LogP contribution in [0.3, 0.4) is 0 Å². The Hall–Kier alpha value is -2.91. The highest BCUT2D eigenvalue weighted by atomic mass is 32.2. The van der Waals surface area contributed by atoms with E-state index in [1.165, 1.54) is 16.4 Å². The minimum atomic E-state index is -3.60. The maximum absolute atomic E-state index is 12.9. The molecule has 1 amide bonds. The number of nitrogens with zero attached hydrogens (tertiary/aromatic N) is 3. The normalized spacial score (nSPS) is 15.1. The van der Waals surface area contributed by atoms with Gasteiger partial charge in [0.25, 0.3) is 0 Å². The summed E-state index contributed by atoms with van der Waals surface area (Å²) in [5, 5.41) is 2.59. The Morgan fingerprint density at radius 1 is 1.18 bits per heavy atom. The topological polar surface area (TPSA) is 91.8 Å². The number of piperazine rings is 1. The van der Waals surface area contributed by atoms with Crippen LogP contribution in [-0.4, -0.2) is 56.9 Å². The lowest BCUT2D eigenvalue weighted by Gasteiger charge is -2.34. The van der Waals surface area contributed by atoms with Gasteiger partial charge in [0.05, 0.1) is 12.0 Å². The Bertz CT molecular complexity index is 952. The maximum Gasteiger partial charge on any atom is 0.247 e. The van der Waals surface area contributed by atoms with E-state index in [0.29, 0.717) is 37.6 Å². The highest BCUT2D eigenvalue weighted by Crippen LogP contribution is 2.23. The highest BCUT2D eigenvalue weighted by Gasteiger charge is 2.29. The van der Waals surface area contributed by atoms with Crippen molar-refractivity contribution >= 4 is 27.4 Å². The van der Waals surface area contributed by atoms with E-state index >= 15 is 0 Å². The van der Waals surface area contributed by atoms with E-state index in [1.807, 2.05) is 11.0 Å². The molecule has 0 radical (unpaired) electrons. The van der Waals surface area contributed by atoms with Crippen molar-refractivity contribution in [3.63, 3.8) is 0 Å². The number of carbonyl (C=O) groups excluding carboxylic acids is 1. The van der Waals surface area contributed by atoms with Crippen molar-refractivity contribution in [2.45, 2.75) is 4.90 Å². The Balaban J connectivity index is 1.67. The number of methoxy groups -OCH3 is 1. The maximum atomic E-state index is 12.9. The van der Waals surface area contributed by atoms with Gasteiger partial charge in [0.2, 0.25) is 15.9 Å². The molecule has 1 fully saturated rings. The van der Waals surface area contributed by atoms with Gasteiger partial charge >= 0.3 is 0 Å². The number of pyridine rings is 1. The van der Waals surface area contributed by atoms with Crippen LogP contribution in [0.1, 0.15) is 0 Å². The first-order chi connectivity index (χ1) is 13.4. The van der Waals surface area contributed by atoms with Gasteiger partial charge in [0.15, 0.2) is 0 Å². The van der Waals surface area contributed by atoms with Gasteiger partial charge in [0, 0.05) is 44.1 Å². The lowest BCUT2D eigenvalue weighted by atomic mass is 10.3. The Labute approximate surface area is 164 Å². The van der Waals surface area contributed by atoms with Crippen molar-refractivity contribution in [2.75, 3.05) is 43.5 Å². The zero-order chi connectivity index (χ0) is 20.1. The minimum Gasteiger partial charge on any atom is -0.497 e. The SMILES string of the molecule is C=CC(=O)Nc1ccc(S(=O)(=O)N2CCN(c3cc(OC)ccn3)CC2)cc1. The van der Waals surface area contributed by atoms with Crippen LogP contribution in [-0.2, 0) is 14.8 Å². The predicted molar refractivity (Wildman–Crippen MR) is 107 cm³/mol. The molecular weight excluding hydrogens is 380 g/mol. The molecule has 1 aliphatic rings. The number of rotatable bonds is 6. The van der Waals surface area contributed by atoms with Crippen molar-refractivity contribution in [1.29, 1.82) is 0 Å². The quantitative estimate of drug-likeness (QED) is 0.740. The van der Waals surface area contributed by atoms with Crippen LogP contribution in [0.25, 0.3) is 0 Å². The molecule has 1 N–H and O–H groups in total. The zero-order valence-electron chi connectivity index (χ0n) is 15.5. The smallest absolute Gasteiger partial charge is 0.247 e. The van der Waals surface area contributed by atoms with Crippen molar-refractivity contribution in [3.05, 3.63) is 55.3 Å². The Morgan fingerprint density at radius 3 is 2.46 bits per heavy atom. The van der Waals surface area contributed by atoms with Crippen molar-refractivity contribution < 1.29 is 17.9 Å². The first kappa shape index (κ1) is 19.8. The molecule has 1 aromatic heterocycles. The lowest BCUT2D eigenvalue weighted by Crippen LogP contribution is -2.48. The molecular formula is C19H22N4O4S. The first-order valence-electron chi connectivity index (χ1n) is 8.72. The van der Waals surface area contributed by atoms with Gasteiger partial charge in [0.1, 0.15) is 11.6 Å². The van der Waals surface area contributed by atoms with Gasteiger partial charge in [-0.05, 0) is 36.4 Å². The van der Waals surface area contributed by atoms with E-state index in [2.05, 4.69) is 16.9 Å². The molecule has 1 aliphatic heterocycles. The van der Waals surface area contributed by atoms with Gasteiger partial charge in [-0.3, -0.25) is 4.79 Å². The summed E-state index contributed by atoms with van der Waals surface area (Å²) in [6.07, 6.45) is 2.82. The second kappa shape index (κ2) is 8.41. The number of benzene rings is 1. The summed E-state index contributed by atoms with van der Waals surface area (Å²) in [5.41, 5.74) is 0.512. The van der Waals surface area contributed by atoms with Gasteiger partial charge in [-0.1, -0.05) is 6.58 Å². The summed E-state index contributed by atoms with van der Waals surface area (Å²) in [7, 11) is -2.01. The number of amides is 1. The monoisotopic (exact) mass is 402 g/mol. The molecule has 0 unspecified atom stereocenters. The number of carbonyl (C=O) groups is 1. The van der Waals surface area contributed by atoms with Crippen LogP contribution in [0.2, 0.25) is 0 Å². The van der Waals surface area contributed by atoms with Gasteiger partial charge in [-0.25, -0.2) is 13.4 Å². The number of ether oxygens (including phenoxy) is 1. The molecule has 148 valence electrons. The summed E-state index contributed by atoms with van der Waals surface area (Å²) >= 11 is 0. The molecule has 0 bridgehead atoms. The van der Waals surface area contributed by atoms with E-state index < -0.39 is 10.0 Å². The fourth-order valence-corrected chi connectivity index (χ4v) is 4.33. The van der Waals surface area contributed by atoms with Crippen LogP contribution < -0.4 is 15.0 Å². The standard InChI is InChI=1S/C19H22N4O4S/c1-3-19(24)21-15-4-6-17(7-5-15)28(25,26)23-12-10-22(11-13-23)18-14-16(27-2)8-9-20-18/h3-9,14H,1,10-13H2,2H3,(H,21,24). The van der Waals surface area contributed by atoms with Gasteiger partial charge in [-0.15, -0.1) is 0 Å². The first-order valence-corrected chi connectivity index (χ1v) is 10.2. The molecule has 2 heterocycles. The second-order valence-electron chi connectivity index (χ2n) is 6.16. The zero-order valence-corrected chi connectivity index (χ0v) is 16.4. The number of anilines is 2. The third-order valence-electron chi connectivity index (χ3n) is 4.46. The second-order valence-corrected chi connectivity index (χ2v) is 8.10. The van der Waals surface area contributed by atoms with Crippen molar-refractivity contribution in [2.24, 2.45) is 0 Å². The molecule has 0 spiro atoms. The molecule has 1 aromatic carbocycles. The summed E-state index contributed by atoms with van der Waals surface area (Å²) in [6, 6.07) is 9.70. The number of hydrogen-bond acceptors (Lipinski definition) is 6. The third-order valence-corrected chi connectivity index (χ3v) is 6.37. The van der Waals surface area contributed by atoms with Crippen molar-refractivity contribution in [3.8, 4) is 5.75 Å². The van der Waals surface area contributed by atoms with E-state index in [-0.39, 0.29) is 10.8 Å². The highest BCUT2D eigenvalue weighted by molar-refractivity contribution is 7.89. The average molecular weight is 402 g/mol. The predicted octanol–water partition coefficient (Wildman–Crippen LogP) is 1.73. The summed E-state index contributed by atoms with van der Waals surface area (Å²) in [4.78, 5) is 17.9. The van der Waals surface area contributed by atoms with E-state index in [1.54, 1.807) is 31.5 Å². The van der Waals surface area contributed by atoms with Crippen LogP contribution in [0.5, 0.6) is 5.75 Å². The Kier molecular flexibility index (Phi) is 5.96. The number of nitrogens with one attached hydrogen (secondary N) is 1. The van der Waals surface area contributed by atoms with Crippen LogP contribution in [0.4, 0.5) is 11.5 Å². The Morgan fingerprint density at radius 2 is 1.86 bits per heavy atom. The minimum absolute atomic E-state index is 0.192. The number of aromatic nitrogens is 1. The molecule has 9 heteroatoms. The number of sulfonamides is 1. The van der Waals surface area contributed by atoms with E-state index in [4.69, 9.17) is 4.74 Å². The molecule has 0 saturated carbocycles. The van der Waals surface area contributed by atoms with Crippen LogP contribution >= 0.6 is 0 Å². The largest absolute Gasteiger partial charge is 0.497 e. The third kappa shape index (κ3) is 4.32. The van der Waals surface area contributed by atoms with Crippen molar-refractivity contribution in [1.82, 2.24) is 9.29 Å². The van der Waals surface area contributed by atoms with Gasteiger partial charge < -0.3 is 15.0 Å². The fraction of sp³-hybridized carbons (Fsp3) is 0.263. The summed E-state index contributed by atoms with van der Waals surface area (Å²) in [5.74, 6) is 1.13. The molecule has 8 nitrogen and oxygen atoms in total. The summed E-state index contributed by atoms with van der Waals surface area (Å²) < 4.78 is 32.5. The molecule has 1 saturated heterocycles. The van der Waals surface area contributed by atoms with Crippen LogP contribution in [0.15, 0.2) is 60.1 Å². The van der Waals surface area contributed by atoms with Gasteiger partial charge in [-0.2, -0.15) is 4.31 Å². The van der Waals surface area contributed by atoms with Crippen LogP contribution in [0, 0.1) is 0 Å². The lowest BCUT2D eigenvalue weighted by molar-refractivity contribution is -0.111. The van der Waals surface area contributed by atoms with E-state index in [9.17, 15) is 13.2 Å².